The van der Waals surface area contributed by atoms with Gasteiger partial charge in [-0.05, 0) is 12.1 Å². The highest BCUT2D eigenvalue weighted by Crippen LogP contribution is 2.46. The molecule has 1 atom stereocenters. The summed E-state index contributed by atoms with van der Waals surface area (Å²) in [6, 6.07) is 0.248. The third-order valence-corrected chi connectivity index (χ3v) is 3.11. The van der Waals surface area contributed by atoms with Gasteiger partial charge < -0.3 is 10.4 Å². The van der Waals surface area contributed by atoms with Crippen LogP contribution < -0.4 is 5.32 Å². The quantitative estimate of drug-likeness (QED) is 0.820. The number of benzene rings is 1. The summed E-state index contributed by atoms with van der Waals surface area (Å²) in [6.07, 6.45) is -11.1. The van der Waals surface area contributed by atoms with Gasteiger partial charge in [0, 0.05) is 11.3 Å². The van der Waals surface area contributed by atoms with Crippen LogP contribution in [0.15, 0.2) is 12.1 Å². The number of carboxylic acids is 1. The molecule has 1 amide bonds. The Bertz CT molecular complexity index is 649. The molecule has 0 aromatic heterocycles. The van der Waals surface area contributed by atoms with Crippen molar-refractivity contribution in [2.45, 2.75) is 24.7 Å². The summed E-state index contributed by atoms with van der Waals surface area (Å²) in [5.74, 6) is -4.31. The van der Waals surface area contributed by atoms with Crippen LogP contribution in [0.3, 0.4) is 0 Å². The number of aliphatic carboxylic acids is 1. The van der Waals surface area contributed by atoms with Crippen LogP contribution in [0.4, 0.5) is 32.0 Å². The first-order chi connectivity index (χ1) is 9.91. The molecule has 2 rings (SSSR count). The van der Waals surface area contributed by atoms with E-state index >= 15 is 0 Å². The number of carbonyl (C=O) groups is 2. The molecule has 0 saturated heterocycles. The van der Waals surface area contributed by atoms with Crippen LogP contribution in [0.25, 0.3) is 0 Å². The predicted octanol–water partition coefficient (Wildman–Crippen LogP) is 3.23. The Morgan fingerprint density at radius 2 is 1.73 bits per heavy atom. The van der Waals surface area contributed by atoms with E-state index in [1.807, 2.05) is 5.32 Å². The van der Waals surface area contributed by atoms with Crippen LogP contribution in [-0.4, -0.2) is 17.0 Å². The van der Waals surface area contributed by atoms with Gasteiger partial charge in [0.25, 0.3) is 0 Å². The fraction of sp³-hybridized carbons (Fsp3) is 0.333. The van der Waals surface area contributed by atoms with Gasteiger partial charge in [0.1, 0.15) is 0 Å². The number of fused-ring (bicyclic) bond motifs is 1. The van der Waals surface area contributed by atoms with Crippen molar-refractivity contribution < 1.29 is 41.0 Å². The molecular weight excluding hydrogens is 320 g/mol. The second-order valence-corrected chi connectivity index (χ2v) is 4.62. The normalized spacial score (nSPS) is 18.1. The molecule has 0 fully saturated rings. The number of anilines is 1. The van der Waals surface area contributed by atoms with E-state index in [1.165, 1.54) is 0 Å². The fourth-order valence-corrected chi connectivity index (χ4v) is 2.25. The smallest absolute Gasteiger partial charge is 0.416 e. The third-order valence-electron chi connectivity index (χ3n) is 3.11. The molecule has 0 bridgehead atoms. The Labute approximate surface area is 118 Å². The molecule has 1 unspecified atom stereocenters. The van der Waals surface area contributed by atoms with Gasteiger partial charge in [-0.1, -0.05) is 0 Å². The van der Waals surface area contributed by atoms with Crippen LogP contribution in [-0.2, 0) is 21.9 Å². The van der Waals surface area contributed by atoms with Crippen LogP contribution >= 0.6 is 0 Å². The van der Waals surface area contributed by atoms with Crippen molar-refractivity contribution in [3.63, 3.8) is 0 Å². The standard InChI is InChI=1S/C12H7F6NO3/c13-11(14,15)4-1-6(12(16,17)18)9-5(3-8(20)21)10(22)19-7(9)2-4/h1-2,5H,3H2,(H,19,22)(H,20,21). The van der Waals surface area contributed by atoms with Crippen LogP contribution in [0, 0.1) is 0 Å². The van der Waals surface area contributed by atoms with E-state index in [-0.39, 0.29) is 6.07 Å². The zero-order valence-electron chi connectivity index (χ0n) is 10.5. The topological polar surface area (TPSA) is 66.4 Å². The Balaban J connectivity index is 2.69. The second-order valence-electron chi connectivity index (χ2n) is 4.62. The highest BCUT2D eigenvalue weighted by molar-refractivity contribution is 6.05. The molecule has 1 aliphatic heterocycles. The van der Waals surface area contributed by atoms with Crippen LogP contribution in [0.2, 0.25) is 0 Å². The summed E-state index contributed by atoms with van der Waals surface area (Å²) >= 11 is 0. The lowest BCUT2D eigenvalue weighted by molar-refractivity contribution is -0.144. The maximum atomic E-state index is 13.0. The first kappa shape index (κ1) is 16.1. The maximum absolute atomic E-state index is 13.0. The van der Waals surface area contributed by atoms with E-state index in [9.17, 15) is 35.9 Å². The van der Waals surface area contributed by atoms with Crippen molar-refractivity contribution in [2.75, 3.05) is 5.32 Å². The van der Waals surface area contributed by atoms with Gasteiger partial charge in [0.05, 0.1) is 23.5 Å². The molecule has 0 radical (unpaired) electrons. The Morgan fingerprint density at radius 3 is 2.18 bits per heavy atom. The summed E-state index contributed by atoms with van der Waals surface area (Å²) in [6.45, 7) is 0. The fourth-order valence-electron chi connectivity index (χ4n) is 2.25. The average molecular weight is 327 g/mol. The van der Waals surface area contributed by atoms with Gasteiger partial charge in [0.15, 0.2) is 0 Å². The summed E-state index contributed by atoms with van der Waals surface area (Å²) < 4.78 is 77.0. The zero-order valence-corrected chi connectivity index (χ0v) is 10.5. The Hall–Kier alpha value is -2.26. The molecule has 22 heavy (non-hydrogen) atoms. The molecule has 1 aromatic rings. The summed E-state index contributed by atoms with van der Waals surface area (Å²) in [4.78, 5) is 22.2. The number of halogens is 6. The lowest BCUT2D eigenvalue weighted by atomic mass is 9.91. The number of carbonyl (C=O) groups excluding carboxylic acids is 1. The Kier molecular flexibility index (Phi) is 3.58. The number of nitrogens with one attached hydrogen (secondary N) is 1. The maximum Gasteiger partial charge on any atom is 0.416 e. The molecule has 2 N–H and O–H groups in total. The number of hydrogen-bond acceptors (Lipinski definition) is 2. The van der Waals surface area contributed by atoms with Crippen molar-refractivity contribution in [3.05, 3.63) is 28.8 Å². The minimum Gasteiger partial charge on any atom is -0.481 e. The first-order valence-corrected chi connectivity index (χ1v) is 5.76. The average Bonchev–Trinajstić information content (AvgIpc) is 2.61. The number of amides is 1. The van der Waals surface area contributed by atoms with Gasteiger partial charge >= 0.3 is 18.3 Å². The van der Waals surface area contributed by atoms with E-state index in [4.69, 9.17) is 5.11 Å². The van der Waals surface area contributed by atoms with E-state index in [2.05, 4.69) is 0 Å². The minimum atomic E-state index is -5.16. The lowest BCUT2D eigenvalue weighted by Crippen LogP contribution is -2.18. The monoisotopic (exact) mass is 327 g/mol. The number of rotatable bonds is 2. The zero-order chi connectivity index (χ0) is 16.9. The number of alkyl halides is 6. The number of hydrogen-bond donors (Lipinski definition) is 2. The Morgan fingerprint density at radius 1 is 1.14 bits per heavy atom. The first-order valence-electron chi connectivity index (χ1n) is 5.76. The SMILES string of the molecule is O=C(O)CC1C(=O)Nc2cc(C(F)(F)F)cc(C(F)(F)F)c21. The van der Waals surface area contributed by atoms with E-state index in [0.717, 1.165) is 0 Å². The molecule has 1 heterocycles. The summed E-state index contributed by atoms with van der Waals surface area (Å²) in [7, 11) is 0. The number of carboxylic acid groups (broad SMARTS) is 1. The van der Waals surface area contributed by atoms with E-state index in [0.29, 0.717) is 6.07 Å². The highest BCUT2D eigenvalue weighted by Gasteiger charge is 2.45. The molecule has 0 saturated carbocycles. The minimum absolute atomic E-state index is 0.117. The van der Waals surface area contributed by atoms with Gasteiger partial charge in [-0.25, -0.2) is 0 Å². The molecule has 120 valence electrons. The largest absolute Gasteiger partial charge is 0.481 e. The third kappa shape index (κ3) is 2.85. The van der Waals surface area contributed by atoms with Gasteiger partial charge in [0.2, 0.25) is 5.91 Å². The van der Waals surface area contributed by atoms with Gasteiger partial charge in [-0.3, -0.25) is 9.59 Å². The van der Waals surface area contributed by atoms with Crippen LogP contribution in [0.1, 0.15) is 29.0 Å². The molecular formula is C12H7F6NO3. The summed E-state index contributed by atoms with van der Waals surface area (Å²) in [5, 5.41) is 10.5. The van der Waals surface area contributed by atoms with E-state index < -0.39 is 58.9 Å². The van der Waals surface area contributed by atoms with Gasteiger partial charge in [-0.2, -0.15) is 26.3 Å². The molecule has 1 aromatic carbocycles. The van der Waals surface area contributed by atoms with Crippen molar-refractivity contribution in [2.24, 2.45) is 0 Å². The molecule has 0 aliphatic carbocycles. The molecule has 0 spiro atoms. The molecule has 10 heteroatoms. The van der Waals surface area contributed by atoms with Crippen molar-refractivity contribution >= 4 is 17.6 Å². The van der Waals surface area contributed by atoms with Gasteiger partial charge in [-0.15, -0.1) is 0 Å². The molecule has 1 aliphatic rings. The van der Waals surface area contributed by atoms with Crippen LogP contribution in [0.5, 0.6) is 0 Å². The summed E-state index contributed by atoms with van der Waals surface area (Å²) in [5.41, 5.74) is -4.68. The lowest BCUT2D eigenvalue weighted by Gasteiger charge is -2.17. The van der Waals surface area contributed by atoms with E-state index in [1.54, 1.807) is 0 Å². The predicted molar refractivity (Wildman–Crippen MR) is 60.1 cm³/mol. The molecule has 4 nitrogen and oxygen atoms in total. The second kappa shape index (κ2) is 4.89. The van der Waals surface area contributed by atoms with Crippen molar-refractivity contribution in [3.8, 4) is 0 Å². The van der Waals surface area contributed by atoms with Crippen molar-refractivity contribution in [1.29, 1.82) is 0 Å². The van der Waals surface area contributed by atoms with Crippen molar-refractivity contribution in [1.82, 2.24) is 0 Å². The highest BCUT2D eigenvalue weighted by atomic mass is 19.4.